The maximum Gasteiger partial charge on any atom is 0.236 e. The molecule has 1 heterocycles. The van der Waals surface area contributed by atoms with Gasteiger partial charge in [-0.15, -0.1) is 0 Å². The van der Waals surface area contributed by atoms with Gasteiger partial charge in [-0.3, -0.25) is 4.79 Å². The Morgan fingerprint density at radius 3 is 2.56 bits per heavy atom. The van der Waals surface area contributed by atoms with Crippen LogP contribution in [-0.2, 0) is 4.79 Å². The summed E-state index contributed by atoms with van der Waals surface area (Å²) < 4.78 is 0. The second-order valence-corrected chi connectivity index (χ2v) is 5.35. The molecule has 1 atom stereocenters. The minimum Gasteiger partial charge on any atom is -0.354 e. The van der Waals surface area contributed by atoms with E-state index in [9.17, 15) is 4.79 Å². The minimum atomic E-state index is -0.352. The summed E-state index contributed by atoms with van der Waals surface area (Å²) in [6.45, 7) is 7.17. The Kier molecular flexibility index (Phi) is 4.74. The van der Waals surface area contributed by atoms with Crippen molar-refractivity contribution >= 4 is 5.91 Å². The van der Waals surface area contributed by atoms with Crippen molar-refractivity contribution in [2.75, 3.05) is 26.7 Å². The van der Waals surface area contributed by atoms with E-state index in [1.165, 1.54) is 0 Å². The highest BCUT2D eigenvalue weighted by molar-refractivity contribution is 5.81. The Morgan fingerprint density at radius 1 is 1.50 bits per heavy atom. The summed E-state index contributed by atoms with van der Waals surface area (Å²) in [7, 11) is 2.14. The third-order valence-corrected chi connectivity index (χ3v) is 3.66. The molecule has 1 saturated heterocycles. The highest BCUT2D eigenvalue weighted by Crippen LogP contribution is 2.29. The first-order valence-electron chi connectivity index (χ1n) is 6.19. The first kappa shape index (κ1) is 13.5. The number of nitrogens with two attached hydrogens (primary N) is 1. The number of carbonyl (C=O) groups excluding carboxylic acids is 1. The Morgan fingerprint density at radius 2 is 2.06 bits per heavy atom. The van der Waals surface area contributed by atoms with Crippen LogP contribution in [0.15, 0.2) is 0 Å². The van der Waals surface area contributed by atoms with Crippen molar-refractivity contribution in [3.63, 3.8) is 0 Å². The molecule has 94 valence electrons. The molecule has 1 aliphatic heterocycles. The molecule has 16 heavy (non-hydrogen) atoms. The van der Waals surface area contributed by atoms with Gasteiger partial charge in [-0.1, -0.05) is 13.8 Å². The first-order chi connectivity index (χ1) is 7.47. The van der Waals surface area contributed by atoms with E-state index in [4.69, 9.17) is 5.73 Å². The molecule has 1 rings (SSSR count). The van der Waals surface area contributed by atoms with Crippen molar-refractivity contribution in [2.24, 2.45) is 11.1 Å². The zero-order chi connectivity index (χ0) is 12.2. The molecule has 0 aromatic heterocycles. The van der Waals surface area contributed by atoms with E-state index in [1.54, 1.807) is 0 Å². The van der Waals surface area contributed by atoms with Gasteiger partial charge in [0, 0.05) is 6.54 Å². The smallest absolute Gasteiger partial charge is 0.236 e. The van der Waals surface area contributed by atoms with Crippen molar-refractivity contribution in [2.45, 2.75) is 39.2 Å². The molecule has 0 unspecified atom stereocenters. The molecule has 4 nitrogen and oxygen atoms in total. The molecule has 3 N–H and O–H groups in total. The van der Waals surface area contributed by atoms with E-state index in [-0.39, 0.29) is 17.4 Å². The van der Waals surface area contributed by atoms with Gasteiger partial charge < -0.3 is 16.0 Å². The Hall–Kier alpha value is -0.610. The van der Waals surface area contributed by atoms with Gasteiger partial charge in [0.15, 0.2) is 0 Å². The number of amides is 1. The molecule has 0 aromatic carbocycles. The quantitative estimate of drug-likeness (QED) is 0.738. The van der Waals surface area contributed by atoms with Crippen LogP contribution in [0.3, 0.4) is 0 Å². The summed E-state index contributed by atoms with van der Waals surface area (Å²) in [5.74, 6) is -0.0114. The summed E-state index contributed by atoms with van der Waals surface area (Å²) in [5, 5.41) is 2.98. The molecule has 0 spiro atoms. The molecular weight excluding hydrogens is 202 g/mol. The van der Waals surface area contributed by atoms with Crippen molar-refractivity contribution < 1.29 is 4.79 Å². The fourth-order valence-electron chi connectivity index (χ4n) is 1.95. The van der Waals surface area contributed by atoms with Crippen molar-refractivity contribution in [1.82, 2.24) is 10.2 Å². The Balaban J connectivity index is 2.34. The predicted octanol–water partition coefficient (Wildman–Crippen LogP) is 0.572. The molecule has 1 amide bonds. The van der Waals surface area contributed by atoms with Gasteiger partial charge in [-0.25, -0.2) is 0 Å². The van der Waals surface area contributed by atoms with Crippen LogP contribution in [0.2, 0.25) is 0 Å². The maximum absolute atomic E-state index is 11.6. The van der Waals surface area contributed by atoms with Gasteiger partial charge in [0.2, 0.25) is 5.91 Å². The molecule has 1 aliphatic rings. The Labute approximate surface area is 98.6 Å². The van der Waals surface area contributed by atoms with Crippen LogP contribution in [-0.4, -0.2) is 43.5 Å². The molecule has 0 bridgehead atoms. The molecule has 0 aromatic rings. The van der Waals surface area contributed by atoms with Gasteiger partial charge in [0.1, 0.15) is 0 Å². The minimum absolute atomic E-state index is 0.0114. The first-order valence-corrected chi connectivity index (χ1v) is 6.19. The summed E-state index contributed by atoms with van der Waals surface area (Å²) >= 11 is 0. The van der Waals surface area contributed by atoms with Crippen molar-refractivity contribution in [1.29, 1.82) is 0 Å². The number of hydrogen-bond donors (Lipinski definition) is 2. The lowest BCUT2D eigenvalue weighted by Gasteiger charge is -2.38. The number of hydrogen-bond acceptors (Lipinski definition) is 3. The van der Waals surface area contributed by atoms with Crippen molar-refractivity contribution in [3.05, 3.63) is 0 Å². The zero-order valence-electron chi connectivity index (χ0n) is 10.8. The van der Waals surface area contributed by atoms with Gasteiger partial charge in [0.25, 0.3) is 0 Å². The van der Waals surface area contributed by atoms with Crippen LogP contribution in [0.25, 0.3) is 0 Å². The highest BCUT2D eigenvalue weighted by atomic mass is 16.2. The fraction of sp³-hybridized carbons (Fsp3) is 0.917. The van der Waals surface area contributed by atoms with E-state index >= 15 is 0 Å². The molecule has 4 heteroatoms. The number of carbonyl (C=O) groups is 1. The summed E-state index contributed by atoms with van der Waals surface area (Å²) in [6.07, 6.45) is 2.99. The zero-order valence-corrected chi connectivity index (χ0v) is 10.8. The standard InChI is InChI=1S/C12H25N3O/c1-4-10(13)11(16)14-9-12(2)5-7-15(3)8-6-12/h10H,4-9,13H2,1-3H3,(H,14,16)/t10-/m0/s1. The van der Waals surface area contributed by atoms with E-state index in [2.05, 4.69) is 24.2 Å². The molecule has 1 fully saturated rings. The monoisotopic (exact) mass is 227 g/mol. The average molecular weight is 227 g/mol. The summed E-state index contributed by atoms with van der Waals surface area (Å²) in [6, 6.07) is -0.352. The molecule has 0 radical (unpaired) electrons. The lowest BCUT2D eigenvalue weighted by molar-refractivity contribution is -0.123. The third kappa shape index (κ3) is 3.76. The van der Waals surface area contributed by atoms with E-state index in [1.807, 2.05) is 6.92 Å². The average Bonchev–Trinajstić information content (AvgIpc) is 2.29. The summed E-state index contributed by atoms with van der Waals surface area (Å²) in [5.41, 5.74) is 5.92. The van der Waals surface area contributed by atoms with Crippen LogP contribution < -0.4 is 11.1 Å². The summed E-state index contributed by atoms with van der Waals surface area (Å²) in [4.78, 5) is 13.9. The third-order valence-electron chi connectivity index (χ3n) is 3.66. The predicted molar refractivity (Wildman–Crippen MR) is 66.1 cm³/mol. The number of rotatable bonds is 4. The Bertz CT molecular complexity index is 234. The SMILES string of the molecule is CC[C@H](N)C(=O)NCC1(C)CCN(C)CC1. The van der Waals surface area contributed by atoms with Gasteiger partial charge in [0.05, 0.1) is 6.04 Å². The second-order valence-electron chi connectivity index (χ2n) is 5.35. The lowest BCUT2D eigenvalue weighted by Crippen LogP contribution is -2.47. The molecule has 0 saturated carbocycles. The fourth-order valence-corrected chi connectivity index (χ4v) is 1.95. The number of likely N-dealkylation sites (tertiary alicyclic amines) is 1. The number of nitrogens with zero attached hydrogens (tertiary/aromatic N) is 1. The van der Waals surface area contributed by atoms with Crippen LogP contribution in [0.4, 0.5) is 0 Å². The molecule has 0 aliphatic carbocycles. The van der Waals surface area contributed by atoms with Crippen molar-refractivity contribution in [3.8, 4) is 0 Å². The van der Waals surface area contributed by atoms with E-state index < -0.39 is 0 Å². The second kappa shape index (κ2) is 5.64. The normalized spacial score (nSPS) is 22.8. The van der Waals surface area contributed by atoms with Gasteiger partial charge in [-0.2, -0.15) is 0 Å². The number of nitrogens with one attached hydrogen (secondary N) is 1. The van der Waals surface area contributed by atoms with Gasteiger partial charge in [-0.05, 0) is 44.8 Å². The van der Waals surface area contributed by atoms with Crippen LogP contribution in [0, 0.1) is 5.41 Å². The molecular formula is C12H25N3O. The van der Waals surface area contributed by atoms with Crippen LogP contribution >= 0.6 is 0 Å². The maximum atomic E-state index is 11.6. The van der Waals surface area contributed by atoms with E-state index in [0.717, 1.165) is 32.5 Å². The van der Waals surface area contributed by atoms with Crippen LogP contribution in [0.5, 0.6) is 0 Å². The number of piperidine rings is 1. The largest absolute Gasteiger partial charge is 0.354 e. The van der Waals surface area contributed by atoms with Gasteiger partial charge >= 0.3 is 0 Å². The topological polar surface area (TPSA) is 58.4 Å². The van der Waals surface area contributed by atoms with Crippen LogP contribution in [0.1, 0.15) is 33.1 Å². The highest BCUT2D eigenvalue weighted by Gasteiger charge is 2.29. The van der Waals surface area contributed by atoms with E-state index in [0.29, 0.717) is 6.42 Å². The lowest BCUT2D eigenvalue weighted by atomic mass is 9.80.